The van der Waals surface area contributed by atoms with Gasteiger partial charge in [-0.25, -0.2) is 0 Å². The van der Waals surface area contributed by atoms with Crippen molar-refractivity contribution >= 4 is 17.3 Å². The maximum atomic E-state index is 10.5. The van der Waals surface area contributed by atoms with Crippen LogP contribution in [0.15, 0.2) is 18.2 Å². The monoisotopic (exact) mass is 239 g/mol. The van der Waals surface area contributed by atoms with Gasteiger partial charge in [-0.15, -0.1) is 0 Å². The van der Waals surface area contributed by atoms with Crippen LogP contribution in [0.5, 0.6) is 0 Å². The van der Waals surface area contributed by atoms with Gasteiger partial charge in [0.05, 0.1) is 15.9 Å². The summed E-state index contributed by atoms with van der Waals surface area (Å²) >= 11 is 0. The van der Waals surface area contributed by atoms with E-state index in [-0.39, 0.29) is 18.4 Å². The summed E-state index contributed by atoms with van der Waals surface area (Å²) in [5.41, 5.74) is -0.657. The van der Waals surface area contributed by atoms with Crippen LogP contribution in [0.1, 0.15) is 12.0 Å². The van der Waals surface area contributed by atoms with Crippen LogP contribution in [-0.4, -0.2) is 15.8 Å². The van der Waals surface area contributed by atoms with Crippen molar-refractivity contribution in [3.8, 4) is 0 Å². The summed E-state index contributed by atoms with van der Waals surface area (Å²) in [6, 6.07) is 3.04. The van der Waals surface area contributed by atoms with Crippen LogP contribution in [0.25, 0.3) is 0 Å². The minimum absolute atomic E-state index is 0.0507. The number of nitro groups is 2. The third-order valence-corrected chi connectivity index (χ3v) is 2.00. The molecule has 0 aliphatic heterocycles. The number of hydrogen-bond donors (Lipinski definition) is 0. The van der Waals surface area contributed by atoms with E-state index in [9.17, 15) is 30.1 Å². The quantitative estimate of drug-likeness (QED) is 0.532. The molecule has 90 valence electrons. The van der Waals surface area contributed by atoms with E-state index in [0.29, 0.717) is 0 Å². The Morgan fingerprint density at radius 3 is 1.88 bits per heavy atom. The number of non-ortho nitro benzene ring substituents is 2. The number of carbonyl (C=O) groups is 1. The van der Waals surface area contributed by atoms with Crippen molar-refractivity contribution in [1.29, 1.82) is 0 Å². The van der Waals surface area contributed by atoms with Crippen molar-refractivity contribution in [2.75, 3.05) is 0 Å². The second-order valence-electron chi connectivity index (χ2n) is 3.24. The van der Waals surface area contributed by atoms with E-state index < -0.39 is 27.2 Å². The van der Waals surface area contributed by atoms with Crippen LogP contribution in [0.3, 0.4) is 0 Å². The van der Waals surface area contributed by atoms with Crippen molar-refractivity contribution < 1.29 is 19.7 Å². The van der Waals surface area contributed by atoms with E-state index in [1.165, 1.54) is 0 Å². The molecule has 1 rings (SSSR count). The Morgan fingerprint density at radius 2 is 1.53 bits per heavy atom. The van der Waals surface area contributed by atoms with Crippen molar-refractivity contribution in [3.63, 3.8) is 0 Å². The number of rotatable bonds is 5. The number of carboxylic acid groups (broad SMARTS) is 1. The zero-order valence-corrected chi connectivity index (χ0v) is 8.49. The third kappa shape index (κ3) is 3.52. The highest BCUT2D eigenvalue weighted by Crippen LogP contribution is 2.23. The predicted molar refractivity (Wildman–Crippen MR) is 53.1 cm³/mol. The van der Waals surface area contributed by atoms with Gasteiger partial charge in [0, 0.05) is 18.1 Å². The fourth-order valence-corrected chi connectivity index (χ4v) is 1.26. The molecular formula is C9H7N2O6-. The van der Waals surface area contributed by atoms with E-state index in [4.69, 9.17) is 0 Å². The Bertz CT molecular complexity index is 452. The first kappa shape index (κ1) is 12.6. The van der Waals surface area contributed by atoms with Crippen LogP contribution in [0.2, 0.25) is 0 Å². The Balaban J connectivity index is 3.08. The Morgan fingerprint density at radius 1 is 1.06 bits per heavy atom. The fourth-order valence-electron chi connectivity index (χ4n) is 1.26. The van der Waals surface area contributed by atoms with Crippen molar-refractivity contribution in [2.45, 2.75) is 12.8 Å². The molecule has 1 aromatic carbocycles. The Labute approximate surface area is 94.8 Å². The first-order chi connectivity index (χ1) is 7.90. The molecule has 0 aliphatic carbocycles. The van der Waals surface area contributed by atoms with Crippen molar-refractivity contribution in [2.24, 2.45) is 0 Å². The smallest absolute Gasteiger partial charge is 0.276 e. The van der Waals surface area contributed by atoms with E-state index >= 15 is 0 Å². The second-order valence-corrected chi connectivity index (χ2v) is 3.24. The first-order valence-electron chi connectivity index (χ1n) is 4.52. The number of hydrogen-bond acceptors (Lipinski definition) is 6. The van der Waals surface area contributed by atoms with E-state index in [2.05, 4.69) is 0 Å². The Hall–Kier alpha value is -2.51. The zero-order chi connectivity index (χ0) is 13.0. The van der Waals surface area contributed by atoms with E-state index in [1.54, 1.807) is 0 Å². The van der Waals surface area contributed by atoms with Crippen molar-refractivity contribution in [3.05, 3.63) is 44.0 Å². The number of nitrogens with zero attached hydrogens (tertiary/aromatic N) is 2. The molecule has 0 heterocycles. The normalized spacial score (nSPS) is 9.88. The van der Waals surface area contributed by atoms with Crippen LogP contribution >= 0.6 is 0 Å². The predicted octanol–water partition coefficient (Wildman–Crippen LogP) is 0.185. The van der Waals surface area contributed by atoms with E-state index in [0.717, 1.165) is 18.2 Å². The molecule has 0 N–H and O–H groups in total. The number of benzene rings is 1. The molecule has 0 spiro atoms. The van der Waals surface area contributed by atoms with Crippen molar-refractivity contribution in [1.82, 2.24) is 0 Å². The lowest BCUT2D eigenvalue weighted by molar-refractivity contribution is -0.394. The number of aryl methyl sites for hydroxylation is 1. The van der Waals surface area contributed by atoms with Gasteiger partial charge in [-0.05, 0) is 18.4 Å². The van der Waals surface area contributed by atoms with Gasteiger partial charge in [-0.3, -0.25) is 20.2 Å². The summed E-state index contributed by atoms with van der Waals surface area (Å²) in [6.07, 6.45) is -0.400. The van der Waals surface area contributed by atoms with Gasteiger partial charge in [0.25, 0.3) is 11.4 Å². The topological polar surface area (TPSA) is 126 Å². The molecule has 1 aromatic rings. The lowest BCUT2D eigenvalue weighted by Crippen LogP contribution is -2.22. The molecular weight excluding hydrogens is 232 g/mol. The molecule has 0 atom stereocenters. The summed E-state index contributed by atoms with van der Waals surface area (Å²) < 4.78 is 0. The summed E-state index contributed by atoms with van der Waals surface area (Å²) in [5.74, 6) is -1.32. The maximum Gasteiger partial charge on any atom is 0.276 e. The highest BCUT2D eigenvalue weighted by Gasteiger charge is 2.15. The summed E-state index contributed by atoms with van der Waals surface area (Å²) in [4.78, 5) is 29.7. The lowest BCUT2D eigenvalue weighted by atomic mass is 10.1. The number of aliphatic carboxylic acids is 1. The molecule has 0 bridgehead atoms. The molecule has 0 fully saturated rings. The molecule has 0 radical (unpaired) electrons. The van der Waals surface area contributed by atoms with Gasteiger partial charge in [-0.2, -0.15) is 0 Å². The van der Waals surface area contributed by atoms with Gasteiger partial charge in [0.1, 0.15) is 0 Å². The number of nitro benzene ring substituents is 2. The van der Waals surface area contributed by atoms with Gasteiger partial charge < -0.3 is 9.90 Å². The number of carboxylic acids is 1. The van der Waals surface area contributed by atoms with Crippen LogP contribution in [-0.2, 0) is 11.2 Å². The standard InChI is InChI=1S/C9H8N2O6/c12-9(13)2-1-6-3-7(10(14)15)5-8(4-6)11(16)17/h3-5H,1-2H2,(H,12,13)/p-1. The lowest BCUT2D eigenvalue weighted by Gasteiger charge is -2.02. The molecule has 0 saturated carbocycles. The highest BCUT2D eigenvalue weighted by atomic mass is 16.6. The minimum atomic E-state index is -1.32. The SMILES string of the molecule is O=C([O-])CCc1cc([N+](=O)[O-])cc([N+](=O)[O-])c1. The molecule has 0 unspecified atom stereocenters. The molecule has 17 heavy (non-hydrogen) atoms. The molecule has 8 heteroatoms. The largest absolute Gasteiger partial charge is 0.550 e. The second kappa shape index (κ2) is 5.01. The van der Waals surface area contributed by atoms with E-state index in [1.807, 2.05) is 0 Å². The van der Waals surface area contributed by atoms with Gasteiger partial charge in [0.2, 0.25) is 0 Å². The average molecular weight is 239 g/mol. The third-order valence-electron chi connectivity index (χ3n) is 2.00. The zero-order valence-electron chi connectivity index (χ0n) is 8.49. The number of carbonyl (C=O) groups excluding carboxylic acids is 1. The minimum Gasteiger partial charge on any atom is -0.550 e. The van der Waals surface area contributed by atoms with Gasteiger partial charge in [-0.1, -0.05) is 0 Å². The average Bonchev–Trinajstić information content (AvgIpc) is 2.25. The summed E-state index contributed by atoms with van der Waals surface area (Å²) in [5, 5.41) is 31.3. The Kier molecular flexibility index (Phi) is 3.70. The van der Waals surface area contributed by atoms with Crippen LogP contribution in [0, 0.1) is 20.2 Å². The molecule has 8 nitrogen and oxygen atoms in total. The van der Waals surface area contributed by atoms with Crippen LogP contribution in [0.4, 0.5) is 11.4 Å². The summed E-state index contributed by atoms with van der Waals surface area (Å²) in [7, 11) is 0. The molecule has 0 aliphatic rings. The summed E-state index contributed by atoms with van der Waals surface area (Å²) in [6.45, 7) is 0. The highest BCUT2D eigenvalue weighted by molar-refractivity contribution is 5.64. The van der Waals surface area contributed by atoms with Crippen LogP contribution < -0.4 is 5.11 Å². The fraction of sp³-hybridized carbons (Fsp3) is 0.222. The van der Waals surface area contributed by atoms with Gasteiger partial charge >= 0.3 is 0 Å². The van der Waals surface area contributed by atoms with Gasteiger partial charge in [0.15, 0.2) is 0 Å². The maximum absolute atomic E-state index is 10.5. The molecule has 0 amide bonds. The first-order valence-corrected chi connectivity index (χ1v) is 4.52. The molecule has 0 saturated heterocycles. The molecule has 0 aromatic heterocycles.